The summed E-state index contributed by atoms with van der Waals surface area (Å²) >= 11 is 0. The van der Waals surface area contributed by atoms with Crippen molar-refractivity contribution >= 4 is 0 Å². The summed E-state index contributed by atoms with van der Waals surface area (Å²) < 4.78 is 13.3. The van der Waals surface area contributed by atoms with Crippen LogP contribution in [0.25, 0.3) is 0 Å². The predicted octanol–water partition coefficient (Wildman–Crippen LogP) is 3.10. The predicted molar refractivity (Wildman–Crippen MR) is 75.6 cm³/mol. The van der Waals surface area contributed by atoms with E-state index in [0.717, 1.165) is 24.7 Å². The number of piperidine rings is 1. The molecule has 2 fully saturated rings. The SMILES string of the molecule is CC(c1cccc(F)c1)N1CCCC(NC2CC2)C1. The number of benzene rings is 1. The molecule has 0 amide bonds. The van der Waals surface area contributed by atoms with Crippen molar-refractivity contribution in [2.24, 2.45) is 0 Å². The molecule has 0 spiro atoms. The zero-order chi connectivity index (χ0) is 13.2. The molecule has 3 rings (SSSR count). The Kier molecular flexibility index (Phi) is 3.85. The van der Waals surface area contributed by atoms with E-state index in [1.807, 2.05) is 12.1 Å². The Morgan fingerprint density at radius 2 is 2.11 bits per heavy atom. The van der Waals surface area contributed by atoms with Crippen LogP contribution in [0.3, 0.4) is 0 Å². The molecule has 1 aromatic carbocycles. The number of halogens is 1. The first kappa shape index (κ1) is 13.1. The highest BCUT2D eigenvalue weighted by Crippen LogP contribution is 2.26. The Balaban J connectivity index is 1.63. The van der Waals surface area contributed by atoms with E-state index in [-0.39, 0.29) is 5.82 Å². The summed E-state index contributed by atoms with van der Waals surface area (Å²) in [5.41, 5.74) is 1.09. The molecule has 2 unspecified atom stereocenters. The zero-order valence-electron chi connectivity index (χ0n) is 11.6. The molecule has 0 bridgehead atoms. The molecule has 1 heterocycles. The van der Waals surface area contributed by atoms with Crippen LogP contribution in [-0.4, -0.2) is 30.1 Å². The van der Waals surface area contributed by atoms with Crippen molar-refractivity contribution < 1.29 is 4.39 Å². The van der Waals surface area contributed by atoms with Crippen molar-refractivity contribution in [3.05, 3.63) is 35.6 Å². The average molecular weight is 262 g/mol. The first-order valence-electron chi connectivity index (χ1n) is 7.48. The molecule has 1 aromatic rings. The van der Waals surface area contributed by atoms with Gasteiger partial charge in [0.15, 0.2) is 0 Å². The van der Waals surface area contributed by atoms with Crippen molar-refractivity contribution in [1.29, 1.82) is 0 Å². The van der Waals surface area contributed by atoms with Gasteiger partial charge in [-0.2, -0.15) is 0 Å². The minimum Gasteiger partial charge on any atom is -0.310 e. The summed E-state index contributed by atoms with van der Waals surface area (Å²) in [7, 11) is 0. The van der Waals surface area contributed by atoms with E-state index in [1.54, 1.807) is 6.07 Å². The maximum absolute atomic E-state index is 13.3. The van der Waals surface area contributed by atoms with Gasteiger partial charge in [-0.05, 0) is 56.8 Å². The van der Waals surface area contributed by atoms with E-state index in [9.17, 15) is 4.39 Å². The molecule has 0 radical (unpaired) electrons. The Morgan fingerprint density at radius 1 is 1.26 bits per heavy atom. The van der Waals surface area contributed by atoms with E-state index >= 15 is 0 Å². The van der Waals surface area contributed by atoms with Gasteiger partial charge in [0, 0.05) is 24.7 Å². The summed E-state index contributed by atoms with van der Waals surface area (Å²) in [5.74, 6) is -0.131. The van der Waals surface area contributed by atoms with E-state index in [0.29, 0.717) is 12.1 Å². The van der Waals surface area contributed by atoms with Gasteiger partial charge >= 0.3 is 0 Å². The highest BCUT2D eigenvalue weighted by Gasteiger charge is 2.29. The molecule has 104 valence electrons. The third kappa shape index (κ3) is 3.34. The van der Waals surface area contributed by atoms with Crippen LogP contribution in [0, 0.1) is 5.82 Å². The van der Waals surface area contributed by atoms with Gasteiger partial charge in [0.05, 0.1) is 0 Å². The molecule has 2 aliphatic rings. The zero-order valence-corrected chi connectivity index (χ0v) is 11.6. The fourth-order valence-corrected chi connectivity index (χ4v) is 3.05. The van der Waals surface area contributed by atoms with Gasteiger partial charge in [-0.3, -0.25) is 4.90 Å². The largest absolute Gasteiger partial charge is 0.310 e. The Hall–Kier alpha value is -0.930. The van der Waals surface area contributed by atoms with Crippen LogP contribution in [0.15, 0.2) is 24.3 Å². The lowest BCUT2D eigenvalue weighted by molar-refractivity contribution is 0.145. The molecule has 3 heteroatoms. The highest BCUT2D eigenvalue weighted by molar-refractivity contribution is 5.19. The van der Waals surface area contributed by atoms with Crippen molar-refractivity contribution in [2.45, 2.75) is 50.7 Å². The minimum absolute atomic E-state index is 0.131. The van der Waals surface area contributed by atoms with Crippen LogP contribution in [-0.2, 0) is 0 Å². The van der Waals surface area contributed by atoms with Crippen LogP contribution in [0.4, 0.5) is 4.39 Å². The Labute approximate surface area is 115 Å². The van der Waals surface area contributed by atoms with Gasteiger partial charge in [-0.25, -0.2) is 4.39 Å². The highest BCUT2D eigenvalue weighted by atomic mass is 19.1. The molecule has 0 aromatic heterocycles. The summed E-state index contributed by atoms with van der Waals surface area (Å²) in [6, 6.07) is 8.73. The molecular weight excluding hydrogens is 239 g/mol. The maximum atomic E-state index is 13.3. The molecule has 2 atom stereocenters. The van der Waals surface area contributed by atoms with E-state index < -0.39 is 0 Å². The number of rotatable bonds is 4. The smallest absolute Gasteiger partial charge is 0.123 e. The van der Waals surface area contributed by atoms with Crippen LogP contribution in [0.1, 0.15) is 44.2 Å². The number of hydrogen-bond acceptors (Lipinski definition) is 2. The molecule has 2 nitrogen and oxygen atoms in total. The second kappa shape index (κ2) is 5.59. The minimum atomic E-state index is -0.131. The van der Waals surface area contributed by atoms with Gasteiger partial charge in [0.2, 0.25) is 0 Å². The number of nitrogens with one attached hydrogen (secondary N) is 1. The molecule has 1 N–H and O–H groups in total. The third-order valence-electron chi connectivity index (χ3n) is 4.38. The average Bonchev–Trinajstić information content (AvgIpc) is 3.22. The van der Waals surface area contributed by atoms with Crippen molar-refractivity contribution in [3.8, 4) is 0 Å². The van der Waals surface area contributed by atoms with Gasteiger partial charge < -0.3 is 5.32 Å². The first-order valence-corrected chi connectivity index (χ1v) is 7.48. The first-order chi connectivity index (χ1) is 9.22. The van der Waals surface area contributed by atoms with E-state index in [1.165, 1.54) is 31.7 Å². The summed E-state index contributed by atoms with van der Waals surface area (Å²) in [6.07, 6.45) is 5.21. The van der Waals surface area contributed by atoms with Crippen LogP contribution >= 0.6 is 0 Å². The molecule has 19 heavy (non-hydrogen) atoms. The monoisotopic (exact) mass is 262 g/mol. The van der Waals surface area contributed by atoms with Gasteiger partial charge in [-0.1, -0.05) is 12.1 Å². The molecule has 1 aliphatic carbocycles. The van der Waals surface area contributed by atoms with Gasteiger partial charge in [0.1, 0.15) is 5.82 Å². The topological polar surface area (TPSA) is 15.3 Å². The molecule has 1 saturated carbocycles. The van der Waals surface area contributed by atoms with E-state index in [4.69, 9.17) is 0 Å². The van der Waals surface area contributed by atoms with E-state index in [2.05, 4.69) is 17.1 Å². The second-order valence-electron chi connectivity index (χ2n) is 6.01. The second-order valence-corrected chi connectivity index (χ2v) is 6.01. The van der Waals surface area contributed by atoms with Crippen LogP contribution in [0.2, 0.25) is 0 Å². The standard InChI is InChI=1S/C16H23FN2/c1-12(13-4-2-5-14(17)10-13)19-9-3-6-16(11-19)18-15-7-8-15/h2,4-5,10,12,15-16,18H,3,6-9,11H2,1H3. The number of hydrogen-bond donors (Lipinski definition) is 1. The van der Waals surface area contributed by atoms with Crippen LogP contribution in [0.5, 0.6) is 0 Å². The summed E-state index contributed by atoms with van der Waals surface area (Å²) in [4.78, 5) is 2.48. The number of nitrogens with zero attached hydrogens (tertiary/aromatic N) is 1. The molecule has 1 saturated heterocycles. The quantitative estimate of drug-likeness (QED) is 0.897. The fourth-order valence-electron chi connectivity index (χ4n) is 3.05. The normalized spacial score (nSPS) is 26.3. The molecular formula is C16H23FN2. The fraction of sp³-hybridized carbons (Fsp3) is 0.625. The Bertz CT molecular complexity index is 431. The Morgan fingerprint density at radius 3 is 2.84 bits per heavy atom. The number of likely N-dealkylation sites (tertiary alicyclic amines) is 1. The third-order valence-corrected chi connectivity index (χ3v) is 4.38. The maximum Gasteiger partial charge on any atom is 0.123 e. The lowest BCUT2D eigenvalue weighted by Crippen LogP contribution is -2.47. The van der Waals surface area contributed by atoms with Gasteiger partial charge in [0.25, 0.3) is 0 Å². The summed E-state index contributed by atoms with van der Waals surface area (Å²) in [5, 5.41) is 3.72. The van der Waals surface area contributed by atoms with Crippen molar-refractivity contribution in [2.75, 3.05) is 13.1 Å². The van der Waals surface area contributed by atoms with Crippen molar-refractivity contribution in [1.82, 2.24) is 10.2 Å². The van der Waals surface area contributed by atoms with Crippen LogP contribution < -0.4 is 5.32 Å². The van der Waals surface area contributed by atoms with Crippen molar-refractivity contribution in [3.63, 3.8) is 0 Å². The summed E-state index contributed by atoms with van der Waals surface area (Å²) in [6.45, 7) is 4.41. The lowest BCUT2D eigenvalue weighted by Gasteiger charge is -2.37. The molecule has 1 aliphatic heterocycles. The van der Waals surface area contributed by atoms with Gasteiger partial charge in [-0.15, -0.1) is 0 Å². The lowest BCUT2D eigenvalue weighted by atomic mass is 10.0.